The zero-order valence-corrected chi connectivity index (χ0v) is 16.1. The number of nitrogens with two attached hydrogens (primary N) is 1. The molecule has 1 aliphatic rings. The molecule has 0 fully saturated rings. The number of benzene rings is 1. The van der Waals surface area contributed by atoms with Gasteiger partial charge in [-0.2, -0.15) is 0 Å². The molecule has 3 aromatic rings. The molecule has 2 unspecified atom stereocenters. The number of hydrogen-bond acceptors (Lipinski definition) is 6. The van der Waals surface area contributed by atoms with Crippen molar-refractivity contribution in [1.29, 1.82) is 0 Å². The van der Waals surface area contributed by atoms with Gasteiger partial charge in [0, 0.05) is 30.4 Å². The van der Waals surface area contributed by atoms with E-state index in [1.165, 1.54) is 0 Å². The summed E-state index contributed by atoms with van der Waals surface area (Å²) < 4.78 is 23.5. The minimum Gasteiger partial charge on any atom is -0.493 e. The molecular formula is C22H23FN4O2. The summed E-state index contributed by atoms with van der Waals surface area (Å²) in [5.41, 5.74) is 9.26. The molecule has 1 aromatic carbocycles. The molecule has 3 heterocycles. The van der Waals surface area contributed by atoms with Crippen LogP contribution in [0.25, 0.3) is 0 Å². The van der Waals surface area contributed by atoms with Gasteiger partial charge in [-0.1, -0.05) is 18.2 Å². The second kappa shape index (κ2) is 8.14. The Balaban J connectivity index is 1.88. The standard InChI is InChI=1S/C22H23FN4O2/c1-28-19-14-16(8-11-25-19)22(18-7-3-10-26-20(18)21(24)27-22)15-5-2-6-17(13-15)29-12-4-9-23/h2-3,5-8,10-11,13-14,21,27H,4,9,12,24H2,1H3. The highest BCUT2D eigenvalue weighted by molar-refractivity contribution is 5.56. The number of ether oxygens (including phenoxy) is 2. The van der Waals surface area contributed by atoms with Gasteiger partial charge in [0.05, 0.1) is 31.6 Å². The van der Waals surface area contributed by atoms with Gasteiger partial charge in [-0.15, -0.1) is 0 Å². The molecule has 0 amide bonds. The van der Waals surface area contributed by atoms with Crippen LogP contribution in [0.5, 0.6) is 11.6 Å². The summed E-state index contributed by atoms with van der Waals surface area (Å²) in [6, 6.07) is 15.5. The van der Waals surface area contributed by atoms with Crippen LogP contribution in [0.15, 0.2) is 60.9 Å². The Morgan fingerprint density at radius 1 is 1.10 bits per heavy atom. The predicted octanol–water partition coefficient (Wildman–Crippen LogP) is 3.08. The number of nitrogens with zero attached hydrogens (tertiary/aromatic N) is 2. The van der Waals surface area contributed by atoms with Gasteiger partial charge < -0.3 is 15.2 Å². The minimum atomic E-state index is -0.751. The molecule has 29 heavy (non-hydrogen) atoms. The fraction of sp³-hybridized carbons (Fsp3) is 0.273. The third-order valence-corrected chi connectivity index (χ3v) is 5.10. The number of pyridine rings is 2. The van der Waals surface area contributed by atoms with E-state index in [9.17, 15) is 4.39 Å². The van der Waals surface area contributed by atoms with Crippen molar-refractivity contribution >= 4 is 0 Å². The predicted molar refractivity (Wildman–Crippen MR) is 108 cm³/mol. The van der Waals surface area contributed by atoms with Gasteiger partial charge in [0.25, 0.3) is 0 Å². The Bertz CT molecular complexity index is 1000. The van der Waals surface area contributed by atoms with Crippen molar-refractivity contribution in [2.75, 3.05) is 20.4 Å². The van der Waals surface area contributed by atoms with E-state index < -0.39 is 18.4 Å². The maximum Gasteiger partial charge on any atom is 0.213 e. The summed E-state index contributed by atoms with van der Waals surface area (Å²) in [4.78, 5) is 8.74. The summed E-state index contributed by atoms with van der Waals surface area (Å²) >= 11 is 0. The highest BCUT2D eigenvalue weighted by Crippen LogP contribution is 2.45. The fourth-order valence-corrected chi connectivity index (χ4v) is 3.82. The van der Waals surface area contributed by atoms with Crippen LogP contribution in [0, 0.1) is 0 Å². The number of alkyl halides is 1. The SMILES string of the molecule is COc1cc(C2(c3cccc(OCCCF)c3)NC(N)c3ncccc32)ccn1. The molecule has 3 N–H and O–H groups in total. The van der Waals surface area contributed by atoms with Gasteiger partial charge in [-0.3, -0.25) is 14.7 Å². The minimum absolute atomic E-state index is 0.321. The normalized spacial score (nSPS) is 20.3. The Hall–Kier alpha value is -3.03. The topological polar surface area (TPSA) is 82.3 Å². The Morgan fingerprint density at radius 3 is 2.79 bits per heavy atom. The summed E-state index contributed by atoms with van der Waals surface area (Å²) in [5, 5.41) is 3.53. The van der Waals surface area contributed by atoms with Crippen molar-refractivity contribution < 1.29 is 13.9 Å². The monoisotopic (exact) mass is 394 g/mol. The summed E-state index contributed by atoms with van der Waals surface area (Å²) in [5.74, 6) is 1.17. The zero-order chi connectivity index (χ0) is 20.3. The lowest BCUT2D eigenvalue weighted by atomic mass is 9.79. The van der Waals surface area contributed by atoms with E-state index >= 15 is 0 Å². The van der Waals surface area contributed by atoms with E-state index in [0.717, 1.165) is 22.4 Å². The average molecular weight is 394 g/mol. The molecule has 6 nitrogen and oxygen atoms in total. The van der Waals surface area contributed by atoms with Crippen LogP contribution in [-0.2, 0) is 5.54 Å². The van der Waals surface area contributed by atoms with Crippen LogP contribution in [0.2, 0.25) is 0 Å². The molecule has 0 aliphatic carbocycles. The van der Waals surface area contributed by atoms with E-state index in [-0.39, 0.29) is 0 Å². The Labute approximate surface area is 168 Å². The molecule has 0 spiro atoms. The van der Waals surface area contributed by atoms with Crippen LogP contribution >= 0.6 is 0 Å². The number of aromatic nitrogens is 2. The molecule has 2 atom stereocenters. The molecule has 1 aliphatic heterocycles. The molecule has 0 bridgehead atoms. The highest BCUT2D eigenvalue weighted by atomic mass is 19.1. The zero-order valence-electron chi connectivity index (χ0n) is 16.1. The van der Waals surface area contributed by atoms with Gasteiger partial charge in [-0.05, 0) is 35.4 Å². The van der Waals surface area contributed by atoms with E-state index in [2.05, 4.69) is 15.3 Å². The number of hydrogen-bond donors (Lipinski definition) is 2. The second-order valence-electron chi connectivity index (χ2n) is 6.81. The number of rotatable bonds is 7. The number of halogens is 1. The van der Waals surface area contributed by atoms with E-state index in [4.69, 9.17) is 15.2 Å². The highest BCUT2D eigenvalue weighted by Gasteiger charge is 2.46. The van der Waals surface area contributed by atoms with Gasteiger partial charge in [0.15, 0.2) is 0 Å². The smallest absolute Gasteiger partial charge is 0.213 e. The van der Waals surface area contributed by atoms with Crippen molar-refractivity contribution in [2.45, 2.75) is 18.1 Å². The number of methoxy groups -OCH3 is 1. The first-order chi connectivity index (χ1) is 14.2. The first kappa shape index (κ1) is 19.3. The maximum absolute atomic E-state index is 12.5. The van der Waals surface area contributed by atoms with E-state index in [1.54, 1.807) is 19.5 Å². The molecule has 0 saturated carbocycles. The van der Waals surface area contributed by atoms with Crippen molar-refractivity contribution in [2.24, 2.45) is 5.73 Å². The molecule has 0 saturated heterocycles. The van der Waals surface area contributed by atoms with Gasteiger partial charge >= 0.3 is 0 Å². The van der Waals surface area contributed by atoms with Crippen molar-refractivity contribution in [3.63, 3.8) is 0 Å². The van der Waals surface area contributed by atoms with Crippen LogP contribution in [0.4, 0.5) is 4.39 Å². The first-order valence-electron chi connectivity index (χ1n) is 9.47. The van der Waals surface area contributed by atoms with Crippen molar-refractivity contribution in [3.8, 4) is 11.6 Å². The van der Waals surface area contributed by atoms with E-state index in [0.29, 0.717) is 24.7 Å². The first-order valence-corrected chi connectivity index (χ1v) is 9.47. The lowest BCUT2D eigenvalue weighted by Gasteiger charge is -2.33. The maximum atomic E-state index is 12.5. The molecule has 4 rings (SSSR count). The molecule has 0 radical (unpaired) electrons. The third kappa shape index (κ3) is 3.43. The van der Waals surface area contributed by atoms with Crippen LogP contribution in [-0.4, -0.2) is 30.4 Å². The molecule has 150 valence electrons. The molecular weight excluding hydrogens is 371 g/mol. The third-order valence-electron chi connectivity index (χ3n) is 5.10. The lowest BCUT2D eigenvalue weighted by Crippen LogP contribution is -2.42. The molecule has 7 heteroatoms. The van der Waals surface area contributed by atoms with Crippen LogP contribution < -0.4 is 20.5 Å². The Kier molecular flexibility index (Phi) is 5.42. The van der Waals surface area contributed by atoms with Gasteiger partial charge in [-0.25, -0.2) is 4.98 Å². The largest absolute Gasteiger partial charge is 0.493 e. The lowest BCUT2D eigenvalue weighted by molar-refractivity contribution is 0.289. The molecule has 2 aromatic heterocycles. The van der Waals surface area contributed by atoms with Gasteiger partial charge in [0.2, 0.25) is 5.88 Å². The quantitative estimate of drug-likeness (QED) is 0.600. The van der Waals surface area contributed by atoms with E-state index in [1.807, 2.05) is 48.5 Å². The number of fused-ring (bicyclic) bond motifs is 1. The second-order valence-corrected chi connectivity index (χ2v) is 6.81. The average Bonchev–Trinajstić information content (AvgIpc) is 3.08. The fourth-order valence-electron chi connectivity index (χ4n) is 3.82. The summed E-state index contributed by atoms with van der Waals surface area (Å²) in [6.45, 7) is -0.0863. The summed E-state index contributed by atoms with van der Waals surface area (Å²) in [7, 11) is 1.58. The van der Waals surface area contributed by atoms with Crippen LogP contribution in [0.3, 0.4) is 0 Å². The number of nitrogens with one attached hydrogen (secondary N) is 1. The Morgan fingerprint density at radius 2 is 1.97 bits per heavy atom. The summed E-state index contributed by atoms with van der Waals surface area (Å²) in [6.07, 6.45) is 3.35. The van der Waals surface area contributed by atoms with Crippen molar-refractivity contribution in [3.05, 3.63) is 83.3 Å². The van der Waals surface area contributed by atoms with Crippen LogP contribution in [0.1, 0.15) is 35.0 Å². The van der Waals surface area contributed by atoms with Crippen molar-refractivity contribution in [1.82, 2.24) is 15.3 Å². The van der Waals surface area contributed by atoms with Gasteiger partial charge in [0.1, 0.15) is 11.9 Å².